The highest BCUT2D eigenvalue weighted by Crippen LogP contribution is 2.61. The number of nitrogens with zero attached hydrogens (tertiary/aromatic N) is 4. The molecular weight excluding hydrogens is 649 g/mol. The van der Waals surface area contributed by atoms with Gasteiger partial charge in [-0.1, -0.05) is 140 Å². The van der Waals surface area contributed by atoms with Crippen molar-refractivity contribution in [1.82, 2.24) is 15.0 Å². The number of hydrogen-bond acceptors (Lipinski definition) is 5. The summed E-state index contributed by atoms with van der Waals surface area (Å²) in [6.45, 7) is 2.25. The number of aromatic nitrogens is 3. The van der Waals surface area contributed by atoms with Crippen LogP contribution in [0, 0.1) is 11.3 Å². The predicted octanol–water partition coefficient (Wildman–Crippen LogP) is 11.5. The van der Waals surface area contributed by atoms with Crippen molar-refractivity contribution in [2.75, 3.05) is 0 Å². The maximum Gasteiger partial charge on any atom is 0.164 e. The van der Waals surface area contributed by atoms with Crippen LogP contribution in [0.15, 0.2) is 164 Å². The van der Waals surface area contributed by atoms with Crippen molar-refractivity contribution in [2.24, 2.45) is 0 Å². The van der Waals surface area contributed by atoms with Gasteiger partial charge >= 0.3 is 0 Å². The van der Waals surface area contributed by atoms with Gasteiger partial charge in [0, 0.05) is 27.8 Å². The standard InChI is InChI=1S/C48H30N4O/c1-48-40-26-25-33(28-39(40)37-22-12-24-42(43(37)48)53-44-35(29-49)19-11-23-41(44)48)32-17-10-18-34(27-32)46-50-45(31-15-6-3-7-16-31)51-47(52-46)38-21-9-8-20-36(38)30-13-4-2-5-14-30/h2-28H,1H3. The summed E-state index contributed by atoms with van der Waals surface area (Å²) in [5.41, 5.74) is 12.8. The van der Waals surface area contributed by atoms with Crippen LogP contribution in [0.2, 0.25) is 0 Å². The molecule has 0 amide bonds. The van der Waals surface area contributed by atoms with E-state index in [0.717, 1.165) is 66.9 Å². The first kappa shape index (κ1) is 30.6. The van der Waals surface area contributed by atoms with Gasteiger partial charge in [-0.3, -0.25) is 0 Å². The molecule has 53 heavy (non-hydrogen) atoms. The summed E-state index contributed by atoms with van der Waals surface area (Å²) in [5, 5.41) is 9.92. The van der Waals surface area contributed by atoms with Crippen LogP contribution < -0.4 is 4.74 Å². The molecule has 248 valence electrons. The quantitative estimate of drug-likeness (QED) is 0.181. The number of rotatable bonds is 5. The number of para-hydroxylation sites is 1. The van der Waals surface area contributed by atoms with E-state index in [1.807, 2.05) is 84.9 Å². The zero-order valence-electron chi connectivity index (χ0n) is 28.8. The van der Waals surface area contributed by atoms with Crippen molar-refractivity contribution < 1.29 is 4.74 Å². The van der Waals surface area contributed by atoms with Crippen LogP contribution in [-0.4, -0.2) is 15.0 Å². The fraction of sp³-hybridized carbons (Fsp3) is 0.0417. The van der Waals surface area contributed by atoms with E-state index < -0.39 is 5.41 Å². The first-order chi connectivity index (χ1) is 26.1. The van der Waals surface area contributed by atoms with Gasteiger partial charge < -0.3 is 4.74 Å². The molecule has 1 aliphatic heterocycles. The molecule has 0 spiro atoms. The number of nitriles is 1. The molecule has 1 aliphatic carbocycles. The average Bonchev–Trinajstić information content (AvgIpc) is 3.50. The zero-order chi connectivity index (χ0) is 35.5. The van der Waals surface area contributed by atoms with Gasteiger partial charge in [-0.2, -0.15) is 5.26 Å². The molecule has 7 aromatic carbocycles. The second-order valence-electron chi connectivity index (χ2n) is 13.6. The molecule has 10 rings (SSSR count). The Labute approximate surface area is 307 Å². The van der Waals surface area contributed by atoms with E-state index >= 15 is 0 Å². The lowest BCUT2D eigenvalue weighted by Crippen LogP contribution is -2.27. The molecule has 8 aromatic rings. The van der Waals surface area contributed by atoms with Gasteiger partial charge in [-0.25, -0.2) is 15.0 Å². The minimum absolute atomic E-state index is 0.451. The van der Waals surface area contributed by atoms with E-state index in [2.05, 4.69) is 91.9 Å². The molecule has 0 radical (unpaired) electrons. The van der Waals surface area contributed by atoms with Crippen LogP contribution in [0.1, 0.15) is 29.2 Å². The second-order valence-corrected chi connectivity index (χ2v) is 13.6. The Kier molecular flexibility index (Phi) is 6.92. The number of fused-ring (bicyclic) bond motifs is 5. The van der Waals surface area contributed by atoms with Gasteiger partial charge in [0.25, 0.3) is 0 Å². The summed E-state index contributed by atoms with van der Waals surface area (Å²) in [6, 6.07) is 58.3. The smallest absolute Gasteiger partial charge is 0.164 e. The van der Waals surface area contributed by atoms with Crippen LogP contribution >= 0.6 is 0 Å². The largest absolute Gasteiger partial charge is 0.455 e. The third kappa shape index (κ3) is 4.81. The normalized spacial score (nSPS) is 14.7. The molecule has 5 heteroatoms. The number of ether oxygens (including phenoxy) is 1. The summed E-state index contributed by atoms with van der Waals surface area (Å²) in [7, 11) is 0. The summed E-state index contributed by atoms with van der Waals surface area (Å²) >= 11 is 0. The summed E-state index contributed by atoms with van der Waals surface area (Å²) in [6.07, 6.45) is 0. The molecule has 0 bridgehead atoms. The van der Waals surface area contributed by atoms with Crippen LogP contribution in [0.4, 0.5) is 0 Å². The van der Waals surface area contributed by atoms with E-state index in [1.54, 1.807) is 0 Å². The third-order valence-corrected chi connectivity index (χ3v) is 10.6. The van der Waals surface area contributed by atoms with Gasteiger partial charge in [0.1, 0.15) is 17.6 Å². The molecule has 2 heterocycles. The van der Waals surface area contributed by atoms with Crippen molar-refractivity contribution in [1.29, 1.82) is 5.26 Å². The molecule has 1 atom stereocenters. The predicted molar refractivity (Wildman–Crippen MR) is 209 cm³/mol. The topological polar surface area (TPSA) is 71.7 Å². The van der Waals surface area contributed by atoms with E-state index in [4.69, 9.17) is 19.7 Å². The Morgan fingerprint density at radius 3 is 1.87 bits per heavy atom. The summed E-state index contributed by atoms with van der Waals surface area (Å²) in [4.78, 5) is 15.2. The Bertz CT molecular complexity index is 2790. The number of hydrogen-bond donors (Lipinski definition) is 0. The van der Waals surface area contributed by atoms with Crippen LogP contribution in [-0.2, 0) is 5.41 Å². The van der Waals surface area contributed by atoms with Crippen LogP contribution in [0.3, 0.4) is 0 Å². The minimum atomic E-state index is -0.451. The van der Waals surface area contributed by atoms with Crippen LogP contribution in [0.5, 0.6) is 11.5 Å². The van der Waals surface area contributed by atoms with E-state index in [0.29, 0.717) is 28.8 Å². The Morgan fingerprint density at radius 1 is 0.472 bits per heavy atom. The molecule has 2 aliphatic rings. The van der Waals surface area contributed by atoms with Crippen molar-refractivity contribution in [3.63, 3.8) is 0 Å². The Hall–Kier alpha value is -7.16. The summed E-state index contributed by atoms with van der Waals surface area (Å²) < 4.78 is 6.44. The SMILES string of the molecule is CC12c3ccc(-c4cccc(-c5nc(-c6ccccc6)nc(-c6ccccc6-c6ccccc6)n5)c4)cc3-c3cccc(c31)Oc1c(C#N)cccc12. The molecule has 1 aromatic heterocycles. The highest BCUT2D eigenvalue weighted by molar-refractivity contribution is 5.90. The number of benzene rings is 7. The lowest BCUT2D eigenvalue weighted by Gasteiger charge is -2.35. The molecule has 0 fully saturated rings. The van der Waals surface area contributed by atoms with E-state index in [9.17, 15) is 5.26 Å². The molecule has 1 unspecified atom stereocenters. The monoisotopic (exact) mass is 678 g/mol. The summed E-state index contributed by atoms with van der Waals surface area (Å²) in [5.74, 6) is 3.29. The minimum Gasteiger partial charge on any atom is -0.455 e. The highest BCUT2D eigenvalue weighted by Gasteiger charge is 2.47. The van der Waals surface area contributed by atoms with Crippen molar-refractivity contribution in [3.05, 3.63) is 186 Å². The fourth-order valence-corrected chi connectivity index (χ4v) is 8.12. The van der Waals surface area contributed by atoms with E-state index in [1.165, 1.54) is 5.56 Å². The first-order valence-electron chi connectivity index (χ1n) is 17.7. The zero-order valence-corrected chi connectivity index (χ0v) is 28.8. The van der Waals surface area contributed by atoms with E-state index in [-0.39, 0.29) is 0 Å². The van der Waals surface area contributed by atoms with Gasteiger partial charge in [0.05, 0.1) is 11.0 Å². The molecule has 5 nitrogen and oxygen atoms in total. The van der Waals surface area contributed by atoms with Gasteiger partial charge in [-0.05, 0) is 70.1 Å². The van der Waals surface area contributed by atoms with Crippen molar-refractivity contribution >= 4 is 0 Å². The van der Waals surface area contributed by atoms with Crippen molar-refractivity contribution in [3.8, 4) is 85.1 Å². The Morgan fingerprint density at radius 2 is 1.08 bits per heavy atom. The fourth-order valence-electron chi connectivity index (χ4n) is 8.12. The van der Waals surface area contributed by atoms with Gasteiger partial charge in [0.2, 0.25) is 0 Å². The lowest BCUT2D eigenvalue weighted by molar-refractivity contribution is 0.430. The highest BCUT2D eigenvalue weighted by atomic mass is 16.5. The average molecular weight is 679 g/mol. The van der Waals surface area contributed by atoms with Crippen molar-refractivity contribution in [2.45, 2.75) is 12.3 Å². The second kappa shape index (κ2) is 12.0. The third-order valence-electron chi connectivity index (χ3n) is 10.6. The van der Waals surface area contributed by atoms with Crippen LogP contribution in [0.25, 0.3) is 67.5 Å². The maximum atomic E-state index is 9.92. The Balaban J connectivity index is 1.11. The molecule has 0 saturated carbocycles. The maximum absolute atomic E-state index is 9.92. The van der Waals surface area contributed by atoms with Gasteiger partial charge in [0.15, 0.2) is 17.5 Å². The molecule has 0 saturated heterocycles. The first-order valence-corrected chi connectivity index (χ1v) is 17.7. The lowest BCUT2D eigenvalue weighted by atomic mass is 9.72. The molecular formula is C48H30N4O. The molecule has 0 N–H and O–H groups in total. The van der Waals surface area contributed by atoms with Gasteiger partial charge in [-0.15, -0.1) is 0 Å².